The van der Waals surface area contributed by atoms with E-state index in [1.807, 2.05) is 26.0 Å². The van der Waals surface area contributed by atoms with Gasteiger partial charge in [-0.25, -0.2) is 4.79 Å². The van der Waals surface area contributed by atoms with Gasteiger partial charge in [0.05, 0.1) is 12.2 Å². The molecule has 0 aromatic carbocycles. The summed E-state index contributed by atoms with van der Waals surface area (Å²) in [6, 6.07) is 0. The minimum Gasteiger partial charge on any atom is -0.439 e. The molecule has 1 aliphatic rings. The summed E-state index contributed by atoms with van der Waals surface area (Å²) in [5, 5.41) is 0. The Hall–Kier alpha value is -1.03. The average molecular weight is 227 g/mol. The van der Waals surface area contributed by atoms with Crippen LogP contribution in [-0.4, -0.2) is 24.4 Å². The van der Waals surface area contributed by atoms with Gasteiger partial charge in [0.25, 0.3) is 0 Å². The third kappa shape index (κ3) is 4.66. The lowest BCUT2D eigenvalue weighted by atomic mass is 10.0. The lowest BCUT2D eigenvalue weighted by Gasteiger charge is -2.27. The summed E-state index contributed by atoms with van der Waals surface area (Å²) in [6.07, 6.45) is 7.03. The number of ether oxygens (including phenoxy) is 2. The molecule has 4 heteroatoms. The second kappa shape index (κ2) is 6.53. The van der Waals surface area contributed by atoms with Crippen LogP contribution in [0.4, 0.5) is 4.79 Å². The third-order valence-corrected chi connectivity index (χ3v) is 2.50. The van der Waals surface area contributed by atoms with Gasteiger partial charge in [-0.3, -0.25) is 0 Å². The molecule has 0 fully saturated rings. The van der Waals surface area contributed by atoms with Crippen LogP contribution in [0.3, 0.4) is 0 Å². The number of amides is 1. The van der Waals surface area contributed by atoms with Crippen molar-refractivity contribution < 1.29 is 14.3 Å². The van der Waals surface area contributed by atoms with Crippen molar-refractivity contribution in [2.24, 2.45) is 5.73 Å². The highest BCUT2D eigenvalue weighted by Gasteiger charge is 2.24. The molecule has 0 radical (unpaired) electrons. The van der Waals surface area contributed by atoms with Crippen molar-refractivity contribution in [3.63, 3.8) is 0 Å². The number of carbonyl (C=O) groups excluding carboxylic acids is 1. The van der Waals surface area contributed by atoms with E-state index < -0.39 is 6.09 Å². The Labute approximate surface area is 96.8 Å². The molecule has 0 aromatic heterocycles. The molecule has 92 valence electrons. The van der Waals surface area contributed by atoms with E-state index in [0.29, 0.717) is 0 Å². The van der Waals surface area contributed by atoms with E-state index in [-0.39, 0.29) is 18.3 Å². The summed E-state index contributed by atoms with van der Waals surface area (Å²) in [5.74, 6) is 0. The number of hydrogen-bond acceptors (Lipinski definition) is 3. The predicted molar refractivity (Wildman–Crippen MR) is 62.1 cm³/mol. The quantitative estimate of drug-likeness (QED) is 0.753. The van der Waals surface area contributed by atoms with E-state index in [1.54, 1.807) is 0 Å². The fourth-order valence-corrected chi connectivity index (χ4v) is 1.87. The van der Waals surface area contributed by atoms with Crippen molar-refractivity contribution in [2.75, 3.05) is 0 Å². The maximum Gasteiger partial charge on any atom is 0.405 e. The summed E-state index contributed by atoms with van der Waals surface area (Å²) in [7, 11) is 0. The smallest absolute Gasteiger partial charge is 0.405 e. The molecule has 2 atom stereocenters. The number of carbonyl (C=O) groups is 1. The lowest BCUT2D eigenvalue weighted by molar-refractivity contribution is -0.0566. The first-order chi connectivity index (χ1) is 7.59. The number of hydrogen-bond donors (Lipinski definition) is 1. The molecule has 0 saturated carbocycles. The van der Waals surface area contributed by atoms with Gasteiger partial charge in [0.1, 0.15) is 6.10 Å². The zero-order chi connectivity index (χ0) is 12.0. The van der Waals surface area contributed by atoms with Gasteiger partial charge in [0.15, 0.2) is 0 Å². The first-order valence-electron chi connectivity index (χ1n) is 5.88. The molecule has 1 aliphatic carbocycles. The fourth-order valence-electron chi connectivity index (χ4n) is 1.87. The first-order valence-corrected chi connectivity index (χ1v) is 5.88. The molecule has 1 amide bonds. The van der Waals surface area contributed by atoms with E-state index >= 15 is 0 Å². The van der Waals surface area contributed by atoms with Crippen molar-refractivity contribution in [2.45, 2.75) is 57.8 Å². The van der Waals surface area contributed by atoms with Crippen molar-refractivity contribution in [1.82, 2.24) is 0 Å². The van der Waals surface area contributed by atoms with Crippen molar-refractivity contribution in [3.8, 4) is 0 Å². The van der Waals surface area contributed by atoms with Crippen LogP contribution in [0, 0.1) is 0 Å². The summed E-state index contributed by atoms with van der Waals surface area (Å²) >= 11 is 0. The molecule has 4 nitrogen and oxygen atoms in total. The molecule has 2 unspecified atom stereocenters. The van der Waals surface area contributed by atoms with E-state index in [1.165, 1.54) is 0 Å². The zero-order valence-corrected chi connectivity index (χ0v) is 10.0. The number of allylic oxidation sites excluding steroid dienone is 1. The highest BCUT2D eigenvalue weighted by molar-refractivity contribution is 5.65. The largest absolute Gasteiger partial charge is 0.439 e. The van der Waals surface area contributed by atoms with Crippen LogP contribution in [0.5, 0.6) is 0 Å². The first kappa shape index (κ1) is 13.0. The topological polar surface area (TPSA) is 61.6 Å². The van der Waals surface area contributed by atoms with Crippen LogP contribution in [-0.2, 0) is 9.47 Å². The van der Waals surface area contributed by atoms with Crippen LogP contribution in [0.1, 0.15) is 39.5 Å². The Morgan fingerprint density at radius 3 is 2.81 bits per heavy atom. The minimum absolute atomic E-state index is 0.0796. The number of primary amides is 1. The molecule has 0 saturated heterocycles. The van der Waals surface area contributed by atoms with Crippen LogP contribution in [0.25, 0.3) is 0 Å². The molecular formula is C12H21NO3. The van der Waals surface area contributed by atoms with E-state index in [0.717, 1.165) is 25.7 Å². The van der Waals surface area contributed by atoms with E-state index in [4.69, 9.17) is 15.2 Å². The van der Waals surface area contributed by atoms with E-state index in [9.17, 15) is 4.79 Å². The van der Waals surface area contributed by atoms with Crippen LogP contribution < -0.4 is 5.73 Å². The van der Waals surface area contributed by atoms with Crippen molar-refractivity contribution >= 4 is 6.09 Å². The van der Waals surface area contributed by atoms with Gasteiger partial charge in [0, 0.05) is 0 Å². The van der Waals surface area contributed by atoms with Gasteiger partial charge in [0.2, 0.25) is 0 Å². The molecule has 0 aromatic rings. The average Bonchev–Trinajstić information content (AvgIpc) is 2.15. The number of nitrogens with two attached hydrogens (primary N) is 1. The monoisotopic (exact) mass is 227 g/mol. The van der Waals surface area contributed by atoms with Gasteiger partial charge in [-0.2, -0.15) is 0 Å². The van der Waals surface area contributed by atoms with E-state index in [2.05, 4.69) is 0 Å². The van der Waals surface area contributed by atoms with Gasteiger partial charge < -0.3 is 15.2 Å². The molecule has 0 aliphatic heterocycles. The summed E-state index contributed by atoms with van der Waals surface area (Å²) in [5.41, 5.74) is 5.06. The lowest BCUT2D eigenvalue weighted by Crippen LogP contribution is -2.36. The maximum atomic E-state index is 10.8. The molecule has 2 N–H and O–H groups in total. The molecule has 1 rings (SSSR count). The summed E-state index contributed by atoms with van der Waals surface area (Å²) < 4.78 is 10.8. The fraction of sp³-hybridized carbons (Fsp3) is 0.750. The van der Waals surface area contributed by atoms with Gasteiger partial charge in [-0.05, 0) is 39.2 Å². The normalized spacial score (nSPS) is 26.2. The Balaban J connectivity index is 2.66. The zero-order valence-electron chi connectivity index (χ0n) is 10.0. The van der Waals surface area contributed by atoms with Crippen LogP contribution >= 0.6 is 0 Å². The minimum atomic E-state index is -0.743. The van der Waals surface area contributed by atoms with Gasteiger partial charge in [-0.1, -0.05) is 12.5 Å². The molecule has 0 bridgehead atoms. The highest BCUT2D eigenvalue weighted by Crippen LogP contribution is 2.19. The predicted octanol–water partition coefficient (Wildman–Crippen LogP) is 2.37. The molecule has 16 heavy (non-hydrogen) atoms. The number of rotatable bonds is 3. The van der Waals surface area contributed by atoms with Crippen LogP contribution in [0.2, 0.25) is 0 Å². The van der Waals surface area contributed by atoms with Crippen molar-refractivity contribution in [1.29, 1.82) is 0 Å². The molecule has 0 spiro atoms. The Morgan fingerprint density at radius 1 is 1.44 bits per heavy atom. The second-order valence-electron chi connectivity index (χ2n) is 4.34. The summed E-state index contributed by atoms with van der Waals surface area (Å²) in [6.45, 7) is 3.95. The van der Waals surface area contributed by atoms with Gasteiger partial charge >= 0.3 is 6.09 Å². The second-order valence-corrected chi connectivity index (χ2v) is 4.34. The molecular weight excluding hydrogens is 206 g/mol. The Kier molecular flexibility index (Phi) is 5.32. The maximum absolute atomic E-state index is 10.8. The van der Waals surface area contributed by atoms with Crippen molar-refractivity contribution in [3.05, 3.63) is 12.2 Å². The summed E-state index contributed by atoms with van der Waals surface area (Å²) in [4.78, 5) is 10.8. The SMILES string of the molecule is CC(C)OC1CCCCC=CC1OC(N)=O. The van der Waals surface area contributed by atoms with Gasteiger partial charge in [-0.15, -0.1) is 0 Å². The molecule has 0 heterocycles. The Morgan fingerprint density at radius 2 is 2.19 bits per heavy atom. The standard InChI is InChI=1S/C12H21NO3/c1-9(2)15-10-7-5-3-4-6-8-11(10)16-12(13)14/h6,8-11H,3-5,7H2,1-2H3,(H2,13,14). The third-order valence-electron chi connectivity index (χ3n) is 2.50. The van der Waals surface area contributed by atoms with Crippen LogP contribution in [0.15, 0.2) is 12.2 Å². The Bertz CT molecular complexity index is 251. The highest BCUT2D eigenvalue weighted by atomic mass is 16.6.